The monoisotopic (exact) mass is 308 g/mol. The third-order valence-electron chi connectivity index (χ3n) is 3.44. The molecule has 0 radical (unpaired) electrons. The largest absolute Gasteiger partial charge is 0.444 e. The summed E-state index contributed by atoms with van der Waals surface area (Å²) in [6.07, 6.45) is 0.996. The van der Waals surface area contributed by atoms with E-state index in [0.29, 0.717) is 18.8 Å². The second-order valence-corrected chi connectivity index (χ2v) is 6.62. The summed E-state index contributed by atoms with van der Waals surface area (Å²) in [6.45, 7) is 7.84. The fourth-order valence-corrected chi connectivity index (χ4v) is 2.52. The highest BCUT2D eigenvalue weighted by Crippen LogP contribution is 2.22. The highest BCUT2D eigenvalue weighted by Gasteiger charge is 2.36. The van der Waals surface area contributed by atoms with E-state index in [9.17, 15) is 9.59 Å². The quantitative estimate of drug-likeness (QED) is 0.907. The molecule has 1 atom stereocenters. The molecule has 0 spiro atoms. The summed E-state index contributed by atoms with van der Waals surface area (Å²) in [5.41, 5.74) is 0.257. The van der Waals surface area contributed by atoms with E-state index in [-0.39, 0.29) is 5.91 Å². The fraction of sp³-hybridized carbons (Fsp3) is 0.667. The van der Waals surface area contributed by atoms with Gasteiger partial charge in [-0.25, -0.2) is 4.79 Å². The molecule has 2 heterocycles. The van der Waals surface area contributed by atoms with Crippen molar-refractivity contribution in [2.75, 3.05) is 11.9 Å². The molecule has 1 saturated heterocycles. The number of anilines is 1. The lowest BCUT2D eigenvalue weighted by Crippen LogP contribution is -2.45. The number of likely N-dealkylation sites (tertiary alicyclic amines) is 1. The normalized spacial score (nSPS) is 18.4. The first-order chi connectivity index (χ1) is 10.2. The van der Waals surface area contributed by atoms with Crippen LogP contribution in [0.2, 0.25) is 0 Å². The van der Waals surface area contributed by atoms with Crippen LogP contribution in [0.25, 0.3) is 0 Å². The SMILES string of the molecule is Cc1cc(NC(=O)[C@H]2CCCN2C(=O)OC(C)(C)C)n(C)n1. The topological polar surface area (TPSA) is 76.5 Å². The van der Waals surface area contributed by atoms with Crippen LogP contribution in [0.5, 0.6) is 0 Å². The van der Waals surface area contributed by atoms with Crippen LogP contribution in [-0.4, -0.2) is 44.9 Å². The molecule has 1 aromatic rings. The molecule has 7 nitrogen and oxygen atoms in total. The van der Waals surface area contributed by atoms with Crippen molar-refractivity contribution in [1.29, 1.82) is 0 Å². The molecule has 0 saturated carbocycles. The Morgan fingerprint density at radius 2 is 2.09 bits per heavy atom. The maximum absolute atomic E-state index is 12.5. The highest BCUT2D eigenvalue weighted by atomic mass is 16.6. The summed E-state index contributed by atoms with van der Waals surface area (Å²) < 4.78 is 6.98. The minimum absolute atomic E-state index is 0.202. The molecule has 122 valence electrons. The lowest BCUT2D eigenvalue weighted by atomic mass is 10.2. The molecular formula is C15H24N4O3. The van der Waals surface area contributed by atoms with Gasteiger partial charge >= 0.3 is 6.09 Å². The molecule has 0 bridgehead atoms. The Hall–Kier alpha value is -2.05. The van der Waals surface area contributed by atoms with E-state index in [1.807, 2.05) is 27.7 Å². The van der Waals surface area contributed by atoms with Crippen LogP contribution in [0.4, 0.5) is 10.6 Å². The van der Waals surface area contributed by atoms with Gasteiger partial charge in [0.15, 0.2) is 0 Å². The van der Waals surface area contributed by atoms with Gasteiger partial charge < -0.3 is 10.1 Å². The number of carbonyl (C=O) groups is 2. The molecule has 22 heavy (non-hydrogen) atoms. The van der Waals surface area contributed by atoms with Crippen molar-refractivity contribution in [2.45, 2.75) is 52.2 Å². The van der Waals surface area contributed by atoms with Crippen LogP contribution < -0.4 is 5.32 Å². The molecule has 2 amide bonds. The van der Waals surface area contributed by atoms with Gasteiger partial charge in [0, 0.05) is 19.7 Å². The van der Waals surface area contributed by atoms with E-state index >= 15 is 0 Å². The number of nitrogens with zero attached hydrogens (tertiary/aromatic N) is 3. The van der Waals surface area contributed by atoms with Crippen LogP contribution in [0.1, 0.15) is 39.3 Å². The van der Waals surface area contributed by atoms with E-state index in [1.165, 1.54) is 4.90 Å². The Morgan fingerprint density at radius 3 is 2.64 bits per heavy atom. The van der Waals surface area contributed by atoms with Crippen LogP contribution >= 0.6 is 0 Å². The molecular weight excluding hydrogens is 284 g/mol. The minimum Gasteiger partial charge on any atom is -0.444 e. The van der Waals surface area contributed by atoms with Gasteiger partial charge in [-0.05, 0) is 40.5 Å². The maximum Gasteiger partial charge on any atom is 0.410 e. The van der Waals surface area contributed by atoms with Crippen molar-refractivity contribution in [1.82, 2.24) is 14.7 Å². The van der Waals surface area contributed by atoms with Crippen LogP contribution in [0.15, 0.2) is 6.07 Å². The van der Waals surface area contributed by atoms with Gasteiger partial charge in [-0.15, -0.1) is 0 Å². The summed E-state index contributed by atoms with van der Waals surface area (Å²) in [4.78, 5) is 26.2. The summed E-state index contributed by atoms with van der Waals surface area (Å²) in [6, 6.07) is 1.30. The first-order valence-corrected chi connectivity index (χ1v) is 7.48. The Morgan fingerprint density at radius 1 is 1.41 bits per heavy atom. The van der Waals surface area contributed by atoms with Crippen molar-refractivity contribution in [3.05, 3.63) is 11.8 Å². The first-order valence-electron chi connectivity index (χ1n) is 7.48. The molecule has 2 rings (SSSR count). The van der Waals surface area contributed by atoms with Crippen LogP contribution in [-0.2, 0) is 16.6 Å². The predicted octanol–water partition coefficient (Wildman–Crippen LogP) is 2.07. The van der Waals surface area contributed by atoms with E-state index in [2.05, 4.69) is 10.4 Å². The molecule has 0 unspecified atom stereocenters. The molecule has 0 aromatic carbocycles. The number of hydrogen-bond acceptors (Lipinski definition) is 4. The summed E-state index contributed by atoms with van der Waals surface area (Å²) >= 11 is 0. The van der Waals surface area contributed by atoms with Gasteiger partial charge in [-0.1, -0.05) is 0 Å². The average Bonchev–Trinajstić information content (AvgIpc) is 2.94. The van der Waals surface area contributed by atoms with E-state index < -0.39 is 17.7 Å². The van der Waals surface area contributed by atoms with Gasteiger partial charge in [0.25, 0.3) is 0 Å². The molecule has 1 aliphatic rings. The third-order valence-corrected chi connectivity index (χ3v) is 3.44. The van der Waals surface area contributed by atoms with E-state index in [1.54, 1.807) is 17.8 Å². The van der Waals surface area contributed by atoms with Crippen molar-refractivity contribution in [3.63, 3.8) is 0 Å². The van der Waals surface area contributed by atoms with E-state index in [4.69, 9.17) is 4.74 Å². The number of amides is 2. The number of aromatic nitrogens is 2. The Labute approximate surface area is 130 Å². The number of aryl methyl sites for hydroxylation is 2. The van der Waals surface area contributed by atoms with Crippen molar-refractivity contribution in [3.8, 4) is 0 Å². The average molecular weight is 308 g/mol. The number of rotatable bonds is 2. The Kier molecular flexibility index (Phi) is 4.44. The number of nitrogens with one attached hydrogen (secondary N) is 1. The van der Waals surface area contributed by atoms with Gasteiger partial charge in [-0.2, -0.15) is 5.10 Å². The predicted molar refractivity (Wildman–Crippen MR) is 82.5 cm³/mol. The zero-order valence-corrected chi connectivity index (χ0v) is 13.8. The fourth-order valence-electron chi connectivity index (χ4n) is 2.52. The van der Waals surface area contributed by atoms with Crippen LogP contribution in [0.3, 0.4) is 0 Å². The second-order valence-electron chi connectivity index (χ2n) is 6.62. The zero-order valence-electron chi connectivity index (χ0n) is 13.8. The van der Waals surface area contributed by atoms with Crippen LogP contribution in [0, 0.1) is 6.92 Å². The number of carbonyl (C=O) groups excluding carboxylic acids is 2. The van der Waals surface area contributed by atoms with Gasteiger partial charge in [0.1, 0.15) is 17.5 Å². The third kappa shape index (κ3) is 3.78. The van der Waals surface area contributed by atoms with Crippen molar-refractivity contribution in [2.24, 2.45) is 7.05 Å². The second kappa shape index (κ2) is 5.98. The molecule has 0 aliphatic carbocycles. The standard InChI is InChI=1S/C15H24N4O3/c1-10-9-12(18(5)17-10)16-13(20)11-7-6-8-19(11)14(21)22-15(2,3)4/h9,11H,6-8H2,1-5H3,(H,16,20)/t11-/m1/s1. The van der Waals surface area contributed by atoms with Gasteiger partial charge in [0.2, 0.25) is 5.91 Å². The Bertz CT molecular complexity index is 574. The highest BCUT2D eigenvalue weighted by molar-refractivity contribution is 5.96. The first kappa shape index (κ1) is 16.3. The van der Waals surface area contributed by atoms with Crippen molar-refractivity contribution < 1.29 is 14.3 Å². The molecule has 1 fully saturated rings. The molecule has 7 heteroatoms. The number of hydrogen-bond donors (Lipinski definition) is 1. The Balaban J connectivity index is 2.05. The molecule has 1 aromatic heterocycles. The summed E-state index contributed by atoms with van der Waals surface area (Å²) in [5.74, 6) is 0.421. The molecule has 1 N–H and O–H groups in total. The zero-order chi connectivity index (χ0) is 16.5. The van der Waals surface area contributed by atoms with Crippen molar-refractivity contribution >= 4 is 17.8 Å². The number of ether oxygens (including phenoxy) is 1. The molecule has 1 aliphatic heterocycles. The van der Waals surface area contributed by atoms with Gasteiger partial charge in [-0.3, -0.25) is 14.4 Å². The summed E-state index contributed by atoms with van der Waals surface area (Å²) in [7, 11) is 1.77. The maximum atomic E-state index is 12.5. The van der Waals surface area contributed by atoms with Gasteiger partial charge in [0.05, 0.1) is 5.69 Å². The summed E-state index contributed by atoms with van der Waals surface area (Å²) in [5, 5.41) is 7.02. The van der Waals surface area contributed by atoms with E-state index in [0.717, 1.165) is 12.1 Å². The lowest BCUT2D eigenvalue weighted by molar-refractivity contribution is -0.120. The minimum atomic E-state index is -0.570. The lowest BCUT2D eigenvalue weighted by Gasteiger charge is -2.28. The smallest absolute Gasteiger partial charge is 0.410 e.